The largest absolute Gasteiger partial charge is 0.343 e. The first-order valence-corrected chi connectivity index (χ1v) is 15.3. The van der Waals surface area contributed by atoms with E-state index in [2.05, 4.69) is 131 Å². The molecule has 0 saturated carbocycles. The fourth-order valence-corrected chi connectivity index (χ4v) is 6.21. The molecule has 4 atom stereocenters. The Bertz CT molecular complexity index is 1600. The minimum atomic E-state index is -0.707. The first-order valence-electron chi connectivity index (χ1n) is 15.3. The molecule has 0 amide bonds. The number of aromatic amines is 1. The van der Waals surface area contributed by atoms with Crippen molar-refractivity contribution in [3.63, 3.8) is 0 Å². The van der Waals surface area contributed by atoms with Crippen LogP contribution in [-0.4, -0.2) is 40.3 Å². The maximum absolute atomic E-state index is 6.79. The Morgan fingerprint density at radius 2 is 1.26 bits per heavy atom. The zero-order valence-electron chi connectivity index (χ0n) is 25.3. The fourth-order valence-electron chi connectivity index (χ4n) is 6.21. The van der Waals surface area contributed by atoms with Gasteiger partial charge in [-0.05, 0) is 68.0 Å². The summed E-state index contributed by atoms with van der Waals surface area (Å²) >= 11 is 0. The number of nitrogens with zero attached hydrogens (tertiary/aromatic N) is 1. The van der Waals surface area contributed by atoms with Crippen LogP contribution in [0.3, 0.4) is 0 Å². The van der Waals surface area contributed by atoms with E-state index in [4.69, 9.17) is 9.47 Å². The van der Waals surface area contributed by atoms with Crippen molar-refractivity contribution in [1.82, 2.24) is 20.8 Å². The van der Waals surface area contributed by atoms with Crippen molar-refractivity contribution in [2.75, 3.05) is 0 Å². The van der Waals surface area contributed by atoms with Crippen molar-refractivity contribution >= 4 is 10.9 Å². The van der Waals surface area contributed by atoms with Crippen LogP contribution in [0.25, 0.3) is 10.9 Å². The summed E-state index contributed by atoms with van der Waals surface area (Å²) in [5.74, 6) is -0.707. The van der Waals surface area contributed by atoms with Crippen LogP contribution in [0.1, 0.15) is 41.7 Å². The second-order valence-electron chi connectivity index (χ2n) is 12.2. The molecule has 4 aromatic carbocycles. The van der Waals surface area contributed by atoms with Crippen LogP contribution in [0.4, 0.5) is 0 Å². The molecule has 1 saturated heterocycles. The number of nitrogens with one attached hydrogen (secondary N) is 3. The minimum Gasteiger partial charge on any atom is -0.343 e. The summed E-state index contributed by atoms with van der Waals surface area (Å²) in [6.07, 6.45) is 3.19. The Morgan fingerprint density at radius 3 is 1.84 bits per heavy atom. The topological polar surface area (TPSA) is 71.2 Å². The third-order valence-corrected chi connectivity index (χ3v) is 8.28. The molecular formula is C37H42N4O2. The number of ether oxygens (including phenoxy) is 2. The molecule has 0 bridgehead atoms. The lowest BCUT2D eigenvalue weighted by molar-refractivity contribution is -0.150. The normalized spacial score (nSPS) is 19.4. The fraction of sp³-hybridized carbons (Fsp3) is 0.324. The van der Waals surface area contributed by atoms with E-state index in [-0.39, 0.29) is 24.3 Å². The van der Waals surface area contributed by atoms with Gasteiger partial charge in [0.15, 0.2) is 5.79 Å². The maximum Gasteiger partial charge on any atom is 0.163 e. The van der Waals surface area contributed by atoms with Gasteiger partial charge < -0.3 is 20.1 Å². The van der Waals surface area contributed by atoms with Gasteiger partial charge in [-0.1, -0.05) is 96.6 Å². The van der Waals surface area contributed by atoms with Crippen molar-refractivity contribution in [2.24, 2.45) is 0 Å². The molecule has 222 valence electrons. The van der Waals surface area contributed by atoms with Gasteiger partial charge in [0, 0.05) is 30.6 Å². The van der Waals surface area contributed by atoms with Gasteiger partial charge in [-0.3, -0.25) is 5.10 Å². The number of hydrogen-bond donors (Lipinski definition) is 3. The van der Waals surface area contributed by atoms with Crippen LogP contribution in [-0.2, 0) is 35.4 Å². The minimum absolute atomic E-state index is 0.0215. The lowest BCUT2D eigenvalue weighted by atomic mass is 9.91. The van der Waals surface area contributed by atoms with Gasteiger partial charge in [0.25, 0.3) is 0 Å². The number of hydrogen-bond acceptors (Lipinski definition) is 5. The van der Waals surface area contributed by atoms with E-state index in [0.29, 0.717) is 6.54 Å². The van der Waals surface area contributed by atoms with Crippen molar-refractivity contribution < 1.29 is 9.47 Å². The summed E-state index contributed by atoms with van der Waals surface area (Å²) in [6, 6.07) is 36.5. The quantitative estimate of drug-likeness (QED) is 0.159. The van der Waals surface area contributed by atoms with Crippen LogP contribution in [0.15, 0.2) is 109 Å². The van der Waals surface area contributed by atoms with Crippen molar-refractivity contribution in [1.29, 1.82) is 0 Å². The number of aromatic nitrogens is 2. The van der Waals surface area contributed by atoms with Gasteiger partial charge in [-0.25, -0.2) is 0 Å². The second-order valence-corrected chi connectivity index (χ2v) is 12.2. The van der Waals surface area contributed by atoms with Crippen LogP contribution >= 0.6 is 0 Å². The SMILES string of the molecule is Cc1cccc(CN[C@H](Cc2ccccc2)C2OC(C)(C)OC2[C@@H](Cc2ccccc2)NCc2ccc3[nH]ncc3c2)c1. The average Bonchev–Trinajstić information content (AvgIpc) is 3.61. The number of H-pyrrole nitrogens is 1. The van der Waals surface area contributed by atoms with E-state index in [1.807, 2.05) is 20.0 Å². The molecule has 1 aliphatic rings. The van der Waals surface area contributed by atoms with E-state index in [1.54, 1.807) is 0 Å². The smallest absolute Gasteiger partial charge is 0.163 e. The standard InChI is InChI=1S/C37H42N4O2/c1-26-11-10-16-29(19-26)23-38-33(21-27-12-6-4-7-13-27)35-36(43-37(2,3)42-35)34(22-28-14-8-5-9-15-28)39-24-30-17-18-32-31(20-30)25-40-41-32/h4-20,25,33-36,38-39H,21-24H2,1-3H3,(H,40,41)/t33-,34-,35?,36?/m1/s1. The highest BCUT2D eigenvalue weighted by Crippen LogP contribution is 2.34. The van der Waals surface area contributed by atoms with Gasteiger partial charge >= 0.3 is 0 Å². The number of fused-ring (bicyclic) bond motifs is 1. The lowest BCUT2D eigenvalue weighted by Gasteiger charge is -2.33. The highest BCUT2D eigenvalue weighted by atomic mass is 16.8. The van der Waals surface area contributed by atoms with E-state index < -0.39 is 5.79 Å². The Kier molecular flexibility index (Phi) is 9.00. The molecule has 6 rings (SSSR count). The number of rotatable bonds is 12. The first kappa shape index (κ1) is 29.3. The number of aryl methyl sites for hydroxylation is 1. The molecule has 5 aromatic rings. The molecule has 0 spiro atoms. The molecule has 2 heterocycles. The summed E-state index contributed by atoms with van der Waals surface area (Å²) in [4.78, 5) is 0. The van der Waals surface area contributed by atoms with Gasteiger partial charge in [0.2, 0.25) is 0 Å². The van der Waals surface area contributed by atoms with Crippen LogP contribution in [0.5, 0.6) is 0 Å². The summed E-state index contributed by atoms with van der Waals surface area (Å²) in [5.41, 5.74) is 7.32. The molecule has 1 aromatic heterocycles. The summed E-state index contributed by atoms with van der Waals surface area (Å²) in [7, 11) is 0. The molecule has 6 heteroatoms. The molecular weight excluding hydrogens is 532 g/mol. The third kappa shape index (κ3) is 7.59. The van der Waals surface area contributed by atoms with Crippen LogP contribution in [0, 0.1) is 6.92 Å². The van der Waals surface area contributed by atoms with Crippen molar-refractivity contribution in [3.8, 4) is 0 Å². The summed E-state index contributed by atoms with van der Waals surface area (Å²) < 4.78 is 13.6. The Balaban J connectivity index is 1.29. The molecule has 43 heavy (non-hydrogen) atoms. The monoisotopic (exact) mass is 574 g/mol. The maximum atomic E-state index is 6.79. The summed E-state index contributed by atoms with van der Waals surface area (Å²) in [5, 5.41) is 16.1. The van der Waals surface area contributed by atoms with Gasteiger partial charge in [0.05, 0.1) is 11.7 Å². The predicted molar refractivity (Wildman–Crippen MR) is 173 cm³/mol. The zero-order valence-corrected chi connectivity index (χ0v) is 25.3. The molecule has 1 aliphatic heterocycles. The molecule has 1 fully saturated rings. The van der Waals surface area contributed by atoms with Crippen LogP contribution in [0.2, 0.25) is 0 Å². The van der Waals surface area contributed by atoms with Crippen molar-refractivity contribution in [2.45, 2.75) is 76.8 Å². The van der Waals surface area contributed by atoms with Gasteiger partial charge in [0.1, 0.15) is 12.2 Å². The lowest BCUT2D eigenvalue weighted by Crippen LogP contribution is -2.53. The Labute approximate surface area is 254 Å². The first-order chi connectivity index (χ1) is 20.9. The molecule has 0 aliphatic carbocycles. The average molecular weight is 575 g/mol. The molecule has 6 nitrogen and oxygen atoms in total. The molecule has 3 N–H and O–H groups in total. The van der Waals surface area contributed by atoms with Gasteiger partial charge in [-0.15, -0.1) is 0 Å². The second kappa shape index (κ2) is 13.2. The van der Waals surface area contributed by atoms with E-state index in [9.17, 15) is 0 Å². The zero-order chi connectivity index (χ0) is 29.6. The van der Waals surface area contributed by atoms with E-state index in [0.717, 1.165) is 30.3 Å². The van der Waals surface area contributed by atoms with Gasteiger partial charge in [-0.2, -0.15) is 5.10 Å². The number of benzene rings is 4. The predicted octanol–water partition coefficient (Wildman–Crippen LogP) is 6.49. The van der Waals surface area contributed by atoms with Crippen LogP contribution < -0.4 is 10.6 Å². The Hall–Kier alpha value is -3.81. The molecule has 0 radical (unpaired) electrons. The Morgan fingerprint density at radius 1 is 0.698 bits per heavy atom. The van der Waals surface area contributed by atoms with E-state index >= 15 is 0 Å². The third-order valence-electron chi connectivity index (χ3n) is 8.28. The van der Waals surface area contributed by atoms with Crippen molar-refractivity contribution in [3.05, 3.63) is 137 Å². The summed E-state index contributed by atoms with van der Waals surface area (Å²) in [6.45, 7) is 7.68. The highest BCUT2D eigenvalue weighted by molar-refractivity contribution is 5.78. The highest BCUT2D eigenvalue weighted by Gasteiger charge is 2.48. The molecule has 2 unspecified atom stereocenters. The van der Waals surface area contributed by atoms with E-state index in [1.165, 1.54) is 27.8 Å².